The van der Waals surface area contributed by atoms with Gasteiger partial charge in [-0.1, -0.05) is 12.1 Å². The molecule has 122 valence electrons. The number of hydrogen-bond acceptors (Lipinski definition) is 3. The number of rotatable bonds is 4. The van der Waals surface area contributed by atoms with Crippen molar-refractivity contribution in [2.45, 2.75) is 37.8 Å². The number of halogens is 1. The fourth-order valence-electron chi connectivity index (χ4n) is 3.21. The van der Waals surface area contributed by atoms with Crippen LogP contribution in [0.2, 0.25) is 0 Å². The Morgan fingerprint density at radius 1 is 1.35 bits per heavy atom. The van der Waals surface area contributed by atoms with E-state index < -0.39 is 18.0 Å². The molecular formula is C16H18FN3O3. The fraction of sp³-hybridized carbons (Fsp3) is 0.438. The Morgan fingerprint density at radius 2 is 2.17 bits per heavy atom. The number of imide groups is 1. The monoisotopic (exact) mass is 319 g/mol. The second kappa shape index (κ2) is 6.36. The topological polar surface area (TPSA) is 78.5 Å². The predicted octanol–water partition coefficient (Wildman–Crippen LogP) is 0.957. The predicted molar refractivity (Wildman–Crippen MR) is 79.9 cm³/mol. The highest BCUT2D eigenvalue weighted by atomic mass is 19.1. The Labute approximate surface area is 133 Å². The molecule has 0 aliphatic carbocycles. The minimum atomic E-state index is -0.801. The van der Waals surface area contributed by atoms with Crippen LogP contribution in [0.15, 0.2) is 24.3 Å². The first-order valence-electron chi connectivity index (χ1n) is 7.68. The molecule has 0 bridgehead atoms. The molecule has 0 aromatic heterocycles. The Bertz CT molecular complexity index is 649. The molecule has 23 heavy (non-hydrogen) atoms. The van der Waals surface area contributed by atoms with E-state index in [4.69, 9.17) is 0 Å². The zero-order valence-corrected chi connectivity index (χ0v) is 12.5. The molecule has 3 rings (SSSR count). The van der Waals surface area contributed by atoms with Gasteiger partial charge in [0.1, 0.15) is 11.9 Å². The van der Waals surface area contributed by atoms with E-state index in [1.54, 1.807) is 11.0 Å². The summed E-state index contributed by atoms with van der Waals surface area (Å²) in [4.78, 5) is 36.8. The van der Waals surface area contributed by atoms with E-state index in [-0.39, 0.29) is 24.2 Å². The number of amides is 4. The van der Waals surface area contributed by atoms with E-state index in [1.165, 1.54) is 12.1 Å². The average molecular weight is 319 g/mol. The number of urea groups is 1. The highest BCUT2D eigenvalue weighted by Gasteiger charge is 2.35. The van der Waals surface area contributed by atoms with Gasteiger partial charge in [0.05, 0.1) is 6.42 Å². The quantitative estimate of drug-likeness (QED) is 0.811. The molecule has 0 radical (unpaired) electrons. The van der Waals surface area contributed by atoms with Crippen molar-refractivity contribution in [2.75, 3.05) is 6.54 Å². The lowest BCUT2D eigenvalue weighted by Crippen LogP contribution is -2.41. The summed E-state index contributed by atoms with van der Waals surface area (Å²) in [5.74, 6) is -0.917. The maximum absolute atomic E-state index is 13.3. The summed E-state index contributed by atoms with van der Waals surface area (Å²) in [5, 5.41) is 4.55. The molecule has 2 aliphatic heterocycles. The number of nitrogens with zero attached hydrogens (tertiary/aromatic N) is 1. The molecular weight excluding hydrogens is 301 g/mol. The largest absolute Gasteiger partial charge is 0.339 e. The van der Waals surface area contributed by atoms with Crippen molar-refractivity contribution in [1.82, 2.24) is 15.5 Å². The van der Waals surface area contributed by atoms with Gasteiger partial charge in [-0.25, -0.2) is 9.18 Å². The third-order valence-electron chi connectivity index (χ3n) is 4.30. The number of likely N-dealkylation sites (tertiary alicyclic amines) is 1. The third-order valence-corrected chi connectivity index (χ3v) is 4.30. The van der Waals surface area contributed by atoms with Crippen molar-refractivity contribution >= 4 is 17.8 Å². The smallest absolute Gasteiger partial charge is 0.322 e. The van der Waals surface area contributed by atoms with Crippen LogP contribution in [0.5, 0.6) is 0 Å². The molecule has 6 nitrogen and oxygen atoms in total. The van der Waals surface area contributed by atoms with Crippen LogP contribution in [-0.2, 0) is 16.0 Å². The second-order valence-electron chi connectivity index (χ2n) is 5.94. The summed E-state index contributed by atoms with van der Waals surface area (Å²) < 4.78 is 13.3. The number of nitrogens with one attached hydrogen (secondary N) is 2. The van der Waals surface area contributed by atoms with E-state index in [1.807, 2.05) is 6.07 Å². The molecule has 2 N–H and O–H groups in total. The Morgan fingerprint density at radius 3 is 2.87 bits per heavy atom. The first-order valence-corrected chi connectivity index (χ1v) is 7.68. The summed E-state index contributed by atoms with van der Waals surface area (Å²) in [6.07, 6.45) is 2.28. The minimum Gasteiger partial charge on any atom is -0.339 e. The van der Waals surface area contributed by atoms with Crippen molar-refractivity contribution in [2.24, 2.45) is 0 Å². The van der Waals surface area contributed by atoms with E-state index in [2.05, 4.69) is 10.6 Å². The Kier molecular flexibility index (Phi) is 4.27. The van der Waals surface area contributed by atoms with Crippen LogP contribution >= 0.6 is 0 Å². The Balaban J connectivity index is 1.63. The zero-order valence-electron chi connectivity index (χ0n) is 12.5. The minimum absolute atomic E-state index is 0.00414. The van der Waals surface area contributed by atoms with Crippen molar-refractivity contribution in [3.05, 3.63) is 35.6 Å². The van der Waals surface area contributed by atoms with Crippen LogP contribution < -0.4 is 10.6 Å². The van der Waals surface area contributed by atoms with Gasteiger partial charge in [-0.2, -0.15) is 0 Å². The normalized spacial score (nSPS) is 23.8. The summed E-state index contributed by atoms with van der Waals surface area (Å²) in [6, 6.07) is 5.01. The summed E-state index contributed by atoms with van der Waals surface area (Å²) in [7, 11) is 0. The van der Waals surface area contributed by atoms with Gasteiger partial charge in [0.2, 0.25) is 5.91 Å². The molecule has 0 saturated carbocycles. The van der Waals surface area contributed by atoms with Crippen LogP contribution in [-0.4, -0.2) is 41.4 Å². The molecule has 2 heterocycles. The second-order valence-corrected chi connectivity index (χ2v) is 5.94. The molecule has 7 heteroatoms. The highest BCUT2D eigenvalue weighted by molar-refractivity contribution is 6.05. The van der Waals surface area contributed by atoms with Crippen LogP contribution in [0.1, 0.15) is 24.8 Å². The van der Waals surface area contributed by atoms with Gasteiger partial charge in [-0.05, 0) is 37.0 Å². The molecule has 1 aromatic carbocycles. The first kappa shape index (κ1) is 15.5. The van der Waals surface area contributed by atoms with Crippen molar-refractivity contribution in [3.63, 3.8) is 0 Å². The molecule has 2 aliphatic rings. The maximum Gasteiger partial charge on any atom is 0.322 e. The van der Waals surface area contributed by atoms with Crippen LogP contribution in [0.25, 0.3) is 0 Å². The average Bonchev–Trinajstić information content (AvgIpc) is 3.06. The highest BCUT2D eigenvalue weighted by Crippen LogP contribution is 2.23. The summed E-state index contributed by atoms with van der Waals surface area (Å²) >= 11 is 0. The molecule has 2 atom stereocenters. The van der Waals surface area contributed by atoms with Gasteiger partial charge in [-0.3, -0.25) is 14.9 Å². The van der Waals surface area contributed by atoms with Crippen molar-refractivity contribution in [3.8, 4) is 0 Å². The molecule has 0 unspecified atom stereocenters. The van der Waals surface area contributed by atoms with Crippen molar-refractivity contribution < 1.29 is 18.8 Å². The van der Waals surface area contributed by atoms with Crippen LogP contribution in [0.4, 0.5) is 9.18 Å². The number of benzene rings is 1. The van der Waals surface area contributed by atoms with Gasteiger partial charge in [0.15, 0.2) is 0 Å². The fourth-order valence-corrected chi connectivity index (χ4v) is 3.21. The molecule has 0 spiro atoms. The number of carbonyl (C=O) groups is 3. The SMILES string of the molecule is O=C1NC(=O)[C@H](CC(=O)N2CCC[C@H]2Cc2cccc(F)c2)N1. The van der Waals surface area contributed by atoms with E-state index >= 15 is 0 Å². The van der Waals surface area contributed by atoms with Gasteiger partial charge in [0.25, 0.3) is 5.91 Å². The third kappa shape index (κ3) is 3.49. The Hall–Kier alpha value is -2.44. The van der Waals surface area contributed by atoms with Gasteiger partial charge >= 0.3 is 6.03 Å². The molecule has 4 amide bonds. The van der Waals surface area contributed by atoms with E-state index in [9.17, 15) is 18.8 Å². The molecule has 2 fully saturated rings. The van der Waals surface area contributed by atoms with Crippen molar-refractivity contribution in [1.29, 1.82) is 0 Å². The molecule has 2 saturated heterocycles. The lowest BCUT2D eigenvalue weighted by atomic mass is 10.0. The molecule has 1 aromatic rings. The van der Waals surface area contributed by atoms with Gasteiger partial charge in [-0.15, -0.1) is 0 Å². The van der Waals surface area contributed by atoms with Crippen LogP contribution in [0, 0.1) is 5.82 Å². The van der Waals surface area contributed by atoms with Crippen LogP contribution in [0.3, 0.4) is 0 Å². The summed E-state index contributed by atoms with van der Waals surface area (Å²) in [6.45, 7) is 0.626. The van der Waals surface area contributed by atoms with Gasteiger partial charge in [0, 0.05) is 12.6 Å². The van der Waals surface area contributed by atoms with E-state index in [0.717, 1.165) is 18.4 Å². The lowest BCUT2D eigenvalue weighted by molar-refractivity contribution is -0.134. The zero-order chi connectivity index (χ0) is 16.4. The number of hydrogen-bond donors (Lipinski definition) is 2. The van der Waals surface area contributed by atoms with Gasteiger partial charge < -0.3 is 10.2 Å². The maximum atomic E-state index is 13.3. The lowest BCUT2D eigenvalue weighted by Gasteiger charge is -2.25. The summed E-state index contributed by atoms with van der Waals surface area (Å²) in [5.41, 5.74) is 0.849. The van der Waals surface area contributed by atoms with E-state index in [0.29, 0.717) is 13.0 Å². The number of carbonyl (C=O) groups excluding carboxylic acids is 3. The standard InChI is InChI=1S/C16H18FN3O3/c17-11-4-1-3-10(7-11)8-12-5-2-6-20(12)14(21)9-13-15(22)19-16(23)18-13/h1,3-4,7,12-13H,2,5-6,8-9H2,(H2,18,19,22,23)/t12-,13-/m0/s1. The first-order chi connectivity index (χ1) is 11.0.